The fourth-order valence-corrected chi connectivity index (χ4v) is 5.31. The summed E-state index contributed by atoms with van der Waals surface area (Å²) in [4.78, 5) is 42.5. The third-order valence-corrected chi connectivity index (χ3v) is 7.85. The normalized spacial score (nSPS) is 19.8. The summed E-state index contributed by atoms with van der Waals surface area (Å²) >= 11 is 1.06. The highest BCUT2D eigenvalue weighted by atomic mass is 32.2. The van der Waals surface area contributed by atoms with Gasteiger partial charge in [0.15, 0.2) is 0 Å². The second-order valence-corrected chi connectivity index (χ2v) is 12.3. The molecule has 2 aliphatic rings. The summed E-state index contributed by atoms with van der Waals surface area (Å²) in [5, 5.41) is 4.62. The second-order valence-electron chi connectivity index (χ2n) is 11.0. The molecule has 1 aromatic rings. The molecule has 0 fully saturated rings. The minimum absolute atomic E-state index is 0.0927. The molecule has 1 aromatic carbocycles. The number of carbonyl (C=O) groups is 3. The zero-order chi connectivity index (χ0) is 26.8. The molecular weight excluding hydrogens is 476 g/mol. The quantitative estimate of drug-likeness (QED) is 0.497. The molecule has 36 heavy (non-hydrogen) atoms. The van der Waals surface area contributed by atoms with Crippen molar-refractivity contribution in [1.29, 1.82) is 0 Å². The van der Waals surface area contributed by atoms with E-state index in [1.54, 1.807) is 0 Å². The van der Waals surface area contributed by atoms with Crippen LogP contribution in [-0.4, -0.2) is 70.9 Å². The fraction of sp³-hybridized carbons (Fsp3) is 0.630. The standard InChI is InChI=1S/C27H40N4O4S/c1-9-29(10-2)15-16-35-24(33)31-25(34)36-18(3)22(28-31)19-11-12-21-20(17-19)27(7,8)13-14-30(21)23(32)26(4,5)6/h11-12,17-18H,9-10,13-16H2,1-8H3. The van der Waals surface area contributed by atoms with E-state index in [1.807, 2.05) is 58.6 Å². The van der Waals surface area contributed by atoms with Crippen molar-refractivity contribution in [2.24, 2.45) is 10.5 Å². The number of likely N-dealkylation sites (N-methyl/N-ethyl adjacent to an activating group) is 1. The maximum Gasteiger partial charge on any atom is 0.438 e. The maximum absolute atomic E-state index is 13.2. The van der Waals surface area contributed by atoms with Crippen LogP contribution in [0.25, 0.3) is 0 Å². The Hall–Kier alpha value is -2.39. The molecule has 0 bridgehead atoms. The van der Waals surface area contributed by atoms with Crippen LogP contribution in [0.5, 0.6) is 0 Å². The molecule has 2 aliphatic heterocycles. The molecule has 3 amide bonds. The lowest BCUT2D eigenvalue weighted by molar-refractivity contribution is -0.125. The van der Waals surface area contributed by atoms with Gasteiger partial charge in [-0.3, -0.25) is 9.59 Å². The molecule has 0 spiro atoms. The third-order valence-electron chi connectivity index (χ3n) is 6.90. The average molecular weight is 517 g/mol. The van der Waals surface area contributed by atoms with Crippen molar-refractivity contribution >= 4 is 40.4 Å². The van der Waals surface area contributed by atoms with Crippen molar-refractivity contribution in [3.63, 3.8) is 0 Å². The first-order valence-electron chi connectivity index (χ1n) is 12.7. The van der Waals surface area contributed by atoms with E-state index in [1.165, 1.54) is 0 Å². The SMILES string of the molecule is CCN(CC)CCOC(=O)N1N=C(c2ccc3c(c2)C(C)(C)CCN3C(=O)C(C)(C)C)C(C)SC1=O. The van der Waals surface area contributed by atoms with Crippen LogP contribution in [0.1, 0.15) is 72.9 Å². The second kappa shape index (κ2) is 10.9. The lowest BCUT2D eigenvalue weighted by atomic mass is 9.76. The maximum atomic E-state index is 13.2. The van der Waals surface area contributed by atoms with Gasteiger partial charge in [0.25, 0.3) is 0 Å². The molecule has 1 unspecified atom stereocenters. The number of thioether (sulfide) groups is 1. The van der Waals surface area contributed by atoms with Gasteiger partial charge >= 0.3 is 11.3 Å². The van der Waals surface area contributed by atoms with Crippen molar-refractivity contribution in [3.05, 3.63) is 29.3 Å². The van der Waals surface area contributed by atoms with E-state index < -0.39 is 16.7 Å². The molecule has 3 rings (SSSR count). The summed E-state index contributed by atoms with van der Waals surface area (Å²) in [6.45, 7) is 19.4. The van der Waals surface area contributed by atoms with Crippen LogP contribution in [0.3, 0.4) is 0 Å². The Balaban J connectivity index is 1.91. The van der Waals surface area contributed by atoms with Gasteiger partial charge in [0.1, 0.15) is 6.61 Å². The van der Waals surface area contributed by atoms with Gasteiger partial charge in [-0.2, -0.15) is 5.10 Å². The number of benzene rings is 1. The Morgan fingerprint density at radius 3 is 2.50 bits per heavy atom. The molecule has 0 N–H and O–H groups in total. The van der Waals surface area contributed by atoms with Crippen LogP contribution in [-0.2, 0) is 14.9 Å². The Morgan fingerprint density at radius 1 is 1.22 bits per heavy atom. The minimum Gasteiger partial charge on any atom is -0.446 e. The number of hydrazone groups is 1. The summed E-state index contributed by atoms with van der Waals surface area (Å²) < 4.78 is 5.36. The van der Waals surface area contributed by atoms with Gasteiger partial charge in [0.05, 0.1) is 11.0 Å². The number of nitrogens with zero attached hydrogens (tertiary/aromatic N) is 4. The van der Waals surface area contributed by atoms with Gasteiger partial charge < -0.3 is 14.5 Å². The molecular formula is C27H40N4O4S. The summed E-state index contributed by atoms with van der Waals surface area (Å²) in [6.07, 6.45) is 0.0789. The lowest BCUT2D eigenvalue weighted by Gasteiger charge is -2.41. The number of hydrogen-bond acceptors (Lipinski definition) is 7. The Morgan fingerprint density at radius 2 is 1.89 bits per heavy atom. The van der Waals surface area contributed by atoms with Gasteiger partial charge in [-0.1, -0.05) is 66.3 Å². The number of carbonyl (C=O) groups excluding carboxylic acids is 3. The van der Waals surface area contributed by atoms with Gasteiger partial charge in [-0.05, 0) is 55.1 Å². The number of rotatable bonds is 6. The Labute approximate surface area is 219 Å². The highest BCUT2D eigenvalue weighted by molar-refractivity contribution is 8.14. The zero-order valence-corrected chi connectivity index (χ0v) is 23.7. The number of fused-ring (bicyclic) bond motifs is 1. The van der Waals surface area contributed by atoms with Crippen LogP contribution >= 0.6 is 11.8 Å². The molecule has 198 valence electrons. The van der Waals surface area contributed by atoms with Crippen LogP contribution in [0, 0.1) is 5.41 Å². The number of hydrogen-bond donors (Lipinski definition) is 0. The van der Waals surface area contributed by atoms with E-state index >= 15 is 0 Å². The van der Waals surface area contributed by atoms with Gasteiger partial charge in [-0.25, -0.2) is 4.79 Å². The fourth-order valence-electron chi connectivity index (χ4n) is 4.49. The third kappa shape index (κ3) is 5.94. The highest BCUT2D eigenvalue weighted by Gasteiger charge is 2.39. The summed E-state index contributed by atoms with van der Waals surface area (Å²) in [5.41, 5.74) is 2.83. The van der Waals surface area contributed by atoms with Crippen LogP contribution < -0.4 is 4.90 Å². The Kier molecular flexibility index (Phi) is 8.55. The smallest absolute Gasteiger partial charge is 0.438 e. The van der Waals surface area contributed by atoms with Crippen molar-refractivity contribution < 1.29 is 19.1 Å². The number of imide groups is 1. The van der Waals surface area contributed by atoms with E-state index in [0.29, 0.717) is 18.8 Å². The van der Waals surface area contributed by atoms with Crippen molar-refractivity contribution in [2.75, 3.05) is 37.7 Å². The van der Waals surface area contributed by atoms with Gasteiger partial charge in [0.2, 0.25) is 5.91 Å². The van der Waals surface area contributed by atoms with E-state index in [-0.39, 0.29) is 23.2 Å². The number of ether oxygens (including phenoxy) is 1. The predicted molar refractivity (Wildman–Crippen MR) is 146 cm³/mol. The largest absolute Gasteiger partial charge is 0.446 e. The first-order valence-corrected chi connectivity index (χ1v) is 13.6. The molecule has 9 heteroatoms. The monoisotopic (exact) mass is 516 g/mol. The molecule has 0 aliphatic carbocycles. The number of anilines is 1. The first kappa shape index (κ1) is 28.2. The molecule has 0 saturated heterocycles. The topological polar surface area (TPSA) is 82.5 Å². The van der Waals surface area contributed by atoms with E-state index in [0.717, 1.165) is 53.1 Å². The first-order chi connectivity index (χ1) is 16.8. The van der Waals surface area contributed by atoms with Gasteiger partial charge in [0, 0.05) is 24.2 Å². The summed E-state index contributed by atoms with van der Waals surface area (Å²) in [5.74, 6) is 0.0927. The number of amides is 3. The molecule has 8 nitrogen and oxygen atoms in total. The molecule has 1 atom stereocenters. The van der Waals surface area contributed by atoms with Crippen LogP contribution in [0.4, 0.5) is 15.3 Å². The molecule has 0 radical (unpaired) electrons. The minimum atomic E-state index is -0.760. The average Bonchev–Trinajstić information content (AvgIpc) is 2.81. The summed E-state index contributed by atoms with van der Waals surface area (Å²) in [6, 6.07) is 5.96. The van der Waals surface area contributed by atoms with E-state index in [9.17, 15) is 14.4 Å². The molecule has 0 saturated carbocycles. The van der Waals surface area contributed by atoms with E-state index in [2.05, 4.69) is 29.9 Å². The molecule has 2 heterocycles. The van der Waals surface area contributed by atoms with Crippen molar-refractivity contribution in [2.45, 2.75) is 72.5 Å². The van der Waals surface area contributed by atoms with Crippen LogP contribution in [0.2, 0.25) is 0 Å². The summed E-state index contributed by atoms with van der Waals surface area (Å²) in [7, 11) is 0. The molecule has 0 aromatic heterocycles. The Bertz CT molecular complexity index is 1040. The van der Waals surface area contributed by atoms with Crippen LogP contribution in [0.15, 0.2) is 23.3 Å². The van der Waals surface area contributed by atoms with Gasteiger partial charge in [-0.15, -0.1) is 5.01 Å². The zero-order valence-electron chi connectivity index (χ0n) is 22.9. The van der Waals surface area contributed by atoms with Crippen molar-refractivity contribution in [1.82, 2.24) is 9.91 Å². The lowest BCUT2D eigenvalue weighted by Crippen LogP contribution is -2.46. The highest BCUT2D eigenvalue weighted by Crippen LogP contribution is 2.42. The van der Waals surface area contributed by atoms with E-state index in [4.69, 9.17) is 4.74 Å². The van der Waals surface area contributed by atoms with Crippen molar-refractivity contribution in [3.8, 4) is 0 Å². The predicted octanol–water partition coefficient (Wildman–Crippen LogP) is 5.49.